The van der Waals surface area contributed by atoms with E-state index in [2.05, 4.69) is 5.32 Å². The average Bonchev–Trinajstić information content (AvgIpc) is 2.69. The molecule has 0 aliphatic heterocycles. The van der Waals surface area contributed by atoms with Gasteiger partial charge in [-0.05, 0) is 32.9 Å². The van der Waals surface area contributed by atoms with Crippen LogP contribution >= 0.6 is 0 Å². The first-order chi connectivity index (χ1) is 14.2. The summed E-state index contributed by atoms with van der Waals surface area (Å²) in [7, 11) is 0. The minimum atomic E-state index is -1.18. The van der Waals surface area contributed by atoms with E-state index >= 15 is 0 Å². The molecule has 0 fully saturated rings. The van der Waals surface area contributed by atoms with Crippen LogP contribution in [0.25, 0.3) is 0 Å². The highest BCUT2D eigenvalue weighted by molar-refractivity contribution is 6.17. The molecule has 0 heterocycles. The first-order valence-electron chi connectivity index (χ1n) is 9.29. The van der Waals surface area contributed by atoms with E-state index in [1.807, 2.05) is 26.0 Å². The van der Waals surface area contributed by atoms with Crippen molar-refractivity contribution >= 4 is 23.3 Å². The Labute approximate surface area is 174 Å². The third-order valence-electron chi connectivity index (χ3n) is 4.16. The second-order valence-corrected chi connectivity index (χ2v) is 6.59. The number of ether oxygens (including phenoxy) is 1. The predicted octanol–water partition coefficient (Wildman–Crippen LogP) is 3.34. The number of anilines is 1. The predicted molar refractivity (Wildman–Crippen MR) is 114 cm³/mol. The van der Waals surface area contributed by atoms with Gasteiger partial charge in [0.1, 0.15) is 0 Å². The number of ketones is 1. The number of benzene rings is 2. The monoisotopic (exact) mass is 408 g/mol. The molecule has 4 N–H and O–H groups in total. The van der Waals surface area contributed by atoms with Crippen LogP contribution in [0.4, 0.5) is 5.69 Å². The molecule has 7 heteroatoms. The number of carbonyl (C=O) groups excluding carboxylic acids is 3. The van der Waals surface area contributed by atoms with Gasteiger partial charge in [0.05, 0.1) is 12.3 Å². The van der Waals surface area contributed by atoms with E-state index in [1.54, 1.807) is 43.3 Å². The lowest BCUT2D eigenvalue weighted by atomic mass is 10.1. The molecule has 2 aromatic rings. The molecule has 30 heavy (non-hydrogen) atoms. The Kier molecular flexibility index (Phi) is 7.52. The largest absolute Gasteiger partial charge is 0.505 e. The van der Waals surface area contributed by atoms with Crippen LogP contribution in [-0.2, 0) is 14.3 Å². The van der Waals surface area contributed by atoms with E-state index < -0.39 is 29.0 Å². The molecular weight excluding hydrogens is 384 g/mol. The van der Waals surface area contributed by atoms with Crippen molar-refractivity contribution in [1.29, 1.82) is 0 Å². The maximum atomic E-state index is 12.7. The number of nitrogens with one attached hydrogen (secondary N) is 1. The number of amides is 1. The summed E-state index contributed by atoms with van der Waals surface area (Å²) in [5.41, 5.74) is 7.26. The lowest BCUT2D eigenvalue weighted by molar-refractivity contribution is -0.140. The summed E-state index contributed by atoms with van der Waals surface area (Å²) < 4.78 is 4.81. The van der Waals surface area contributed by atoms with Crippen molar-refractivity contribution in [3.8, 4) is 0 Å². The summed E-state index contributed by atoms with van der Waals surface area (Å²) >= 11 is 0. The summed E-state index contributed by atoms with van der Waals surface area (Å²) in [6, 6.07) is 13.9. The molecule has 0 aliphatic carbocycles. The maximum Gasteiger partial charge on any atom is 0.347 e. The molecule has 0 saturated carbocycles. The second kappa shape index (κ2) is 10.1. The number of allylic oxidation sites excluding steroid dienone is 1. The number of aliphatic hydroxyl groups excluding tert-OH is 1. The Balaban J connectivity index is 2.55. The number of rotatable bonds is 8. The van der Waals surface area contributed by atoms with Crippen molar-refractivity contribution in [3.05, 3.63) is 88.3 Å². The lowest BCUT2D eigenvalue weighted by Gasteiger charge is -2.14. The van der Waals surface area contributed by atoms with Gasteiger partial charge < -0.3 is 20.9 Å². The topological polar surface area (TPSA) is 119 Å². The summed E-state index contributed by atoms with van der Waals surface area (Å²) in [4.78, 5) is 36.7. The molecule has 1 amide bonds. The van der Waals surface area contributed by atoms with Crippen LogP contribution in [-0.4, -0.2) is 29.4 Å². The van der Waals surface area contributed by atoms with Crippen molar-refractivity contribution in [2.24, 2.45) is 5.73 Å². The molecule has 7 nitrogen and oxygen atoms in total. The molecule has 2 aromatic carbocycles. The Hall–Kier alpha value is -3.87. The molecule has 156 valence electrons. The van der Waals surface area contributed by atoms with Crippen LogP contribution < -0.4 is 11.1 Å². The van der Waals surface area contributed by atoms with Crippen LogP contribution in [0.5, 0.6) is 0 Å². The quantitative estimate of drug-likeness (QED) is 0.117. The number of hydrogen-bond donors (Lipinski definition) is 3. The number of primary amides is 1. The fourth-order valence-corrected chi connectivity index (χ4v) is 2.54. The first-order valence-corrected chi connectivity index (χ1v) is 9.29. The van der Waals surface area contributed by atoms with Gasteiger partial charge in [0.15, 0.2) is 17.1 Å². The van der Waals surface area contributed by atoms with Gasteiger partial charge in [0.2, 0.25) is 0 Å². The van der Waals surface area contributed by atoms with Crippen molar-refractivity contribution in [1.82, 2.24) is 0 Å². The van der Waals surface area contributed by atoms with E-state index in [0.29, 0.717) is 11.3 Å². The third-order valence-corrected chi connectivity index (χ3v) is 4.16. The molecule has 0 aromatic heterocycles. The Morgan fingerprint density at radius 3 is 2.03 bits per heavy atom. The zero-order valence-corrected chi connectivity index (χ0v) is 17.1. The Bertz CT molecular complexity index is 1000. The smallest absolute Gasteiger partial charge is 0.347 e. The van der Waals surface area contributed by atoms with Crippen molar-refractivity contribution in [2.45, 2.75) is 20.8 Å². The molecule has 0 unspecified atom stereocenters. The highest BCUT2D eigenvalue weighted by Crippen LogP contribution is 2.20. The Morgan fingerprint density at radius 1 is 1.00 bits per heavy atom. The molecule has 0 radical (unpaired) electrons. The fourth-order valence-electron chi connectivity index (χ4n) is 2.54. The van der Waals surface area contributed by atoms with E-state index in [9.17, 15) is 19.5 Å². The van der Waals surface area contributed by atoms with E-state index in [4.69, 9.17) is 10.5 Å². The van der Waals surface area contributed by atoms with E-state index in [-0.39, 0.29) is 12.3 Å². The van der Waals surface area contributed by atoms with Crippen LogP contribution in [0, 0.1) is 13.8 Å². The number of carbonyl (C=O) groups is 3. The average molecular weight is 408 g/mol. The number of nitrogens with two attached hydrogens (primary N) is 1. The minimum absolute atomic E-state index is 0.0182. The fraction of sp³-hybridized carbons (Fsp3) is 0.174. The molecule has 0 spiro atoms. The second-order valence-electron chi connectivity index (χ2n) is 6.59. The summed E-state index contributed by atoms with van der Waals surface area (Å²) in [6.45, 7) is 5.33. The van der Waals surface area contributed by atoms with Gasteiger partial charge in [-0.25, -0.2) is 4.79 Å². The number of aryl methyl sites for hydroxylation is 2. The molecule has 0 atom stereocenters. The minimum Gasteiger partial charge on any atom is -0.505 e. The van der Waals surface area contributed by atoms with Crippen LogP contribution in [0.3, 0.4) is 0 Å². The van der Waals surface area contributed by atoms with Crippen molar-refractivity contribution in [2.75, 3.05) is 11.9 Å². The van der Waals surface area contributed by atoms with Gasteiger partial charge in [0, 0.05) is 17.3 Å². The number of aliphatic hydroxyl groups is 1. The van der Waals surface area contributed by atoms with Gasteiger partial charge in [-0.2, -0.15) is 0 Å². The number of esters is 1. The maximum absolute atomic E-state index is 12.7. The van der Waals surface area contributed by atoms with Gasteiger partial charge in [-0.3, -0.25) is 9.59 Å². The zero-order chi connectivity index (χ0) is 22.3. The van der Waals surface area contributed by atoms with Gasteiger partial charge in [-0.15, -0.1) is 0 Å². The van der Waals surface area contributed by atoms with E-state index in [0.717, 1.165) is 17.2 Å². The van der Waals surface area contributed by atoms with Gasteiger partial charge >= 0.3 is 5.97 Å². The summed E-state index contributed by atoms with van der Waals surface area (Å²) in [5.74, 6) is -3.47. The summed E-state index contributed by atoms with van der Waals surface area (Å²) in [5, 5.41) is 13.6. The van der Waals surface area contributed by atoms with Crippen LogP contribution in [0.15, 0.2) is 71.6 Å². The molecule has 0 bridgehead atoms. The van der Waals surface area contributed by atoms with Crippen molar-refractivity contribution < 1.29 is 24.2 Å². The molecule has 0 aliphatic rings. The highest BCUT2D eigenvalue weighted by Gasteiger charge is 2.25. The molecule has 0 saturated heterocycles. The molecule has 2 rings (SSSR count). The van der Waals surface area contributed by atoms with E-state index in [1.165, 1.54) is 0 Å². The van der Waals surface area contributed by atoms with Crippen LogP contribution in [0.2, 0.25) is 0 Å². The lowest BCUT2D eigenvalue weighted by Crippen LogP contribution is -2.26. The first kappa shape index (κ1) is 22.4. The summed E-state index contributed by atoms with van der Waals surface area (Å²) in [6.07, 6.45) is 1.10. The SMILES string of the molecule is CCOC(=O)/C(C(N)=O)=C(O)/C(=C/C(=O)c1ccc(C)cc1)Nc1ccc(C)cc1. The standard InChI is InChI=1S/C23H24N2O5/c1-4-30-23(29)20(22(24)28)21(27)18(25-17-11-7-15(3)8-12-17)13-19(26)16-9-5-14(2)6-10-16/h5-13,25,27H,4H2,1-3H3,(H2,24,28)/b18-13-,21-20-. The van der Waals surface area contributed by atoms with Gasteiger partial charge in [0.25, 0.3) is 5.91 Å². The van der Waals surface area contributed by atoms with Crippen LogP contribution in [0.1, 0.15) is 28.4 Å². The molecular formula is C23H24N2O5. The van der Waals surface area contributed by atoms with Gasteiger partial charge in [-0.1, -0.05) is 47.5 Å². The normalized spacial score (nSPS) is 12.0. The zero-order valence-electron chi connectivity index (χ0n) is 17.1. The highest BCUT2D eigenvalue weighted by atomic mass is 16.5. The van der Waals surface area contributed by atoms with Crippen molar-refractivity contribution in [3.63, 3.8) is 0 Å². The number of hydrogen-bond acceptors (Lipinski definition) is 6. The third kappa shape index (κ3) is 5.81. The Morgan fingerprint density at radius 2 is 1.53 bits per heavy atom.